The first-order chi connectivity index (χ1) is 12.5. The molecule has 0 saturated carbocycles. The van der Waals surface area contributed by atoms with Crippen molar-refractivity contribution in [2.45, 2.75) is 36.4 Å². The maximum atomic E-state index is 12.3. The summed E-state index contributed by atoms with van der Waals surface area (Å²) in [6.07, 6.45) is 1.83. The fraction of sp³-hybridized carbons (Fsp3) is 0.375. The van der Waals surface area contributed by atoms with E-state index in [0.717, 1.165) is 17.7 Å². The molecule has 0 saturated heterocycles. The van der Waals surface area contributed by atoms with Gasteiger partial charge in [-0.1, -0.05) is 37.2 Å². The first kappa shape index (κ1) is 20.1. The third kappa shape index (κ3) is 5.95. The number of nitrogens with zero attached hydrogens (tertiary/aromatic N) is 2. The minimum Gasteiger partial charge on any atom is -0.369 e. The van der Waals surface area contributed by atoms with Crippen molar-refractivity contribution < 1.29 is 9.59 Å². The van der Waals surface area contributed by atoms with Gasteiger partial charge in [0.2, 0.25) is 11.8 Å². The molecule has 1 aromatic carbocycles. The molecule has 4 N–H and O–H groups in total. The summed E-state index contributed by atoms with van der Waals surface area (Å²) in [5.41, 5.74) is 5.52. The molecule has 2 aromatic rings. The zero-order valence-corrected chi connectivity index (χ0v) is 16.0. The first-order valence-electron chi connectivity index (χ1n) is 8.09. The first-order valence-corrected chi connectivity index (χ1v) is 10.1. The van der Waals surface area contributed by atoms with E-state index >= 15 is 0 Å². The maximum absolute atomic E-state index is 12.3. The van der Waals surface area contributed by atoms with Crippen LogP contribution in [0.3, 0.4) is 0 Å². The van der Waals surface area contributed by atoms with E-state index in [9.17, 15) is 14.4 Å². The molecule has 26 heavy (non-hydrogen) atoms. The maximum Gasteiger partial charge on any atom is 0.343 e. The Kier molecular flexibility index (Phi) is 7.79. The Bertz CT molecular complexity index is 818. The average Bonchev–Trinajstić information content (AvgIpc) is 2.97. The van der Waals surface area contributed by atoms with Crippen LogP contribution in [0.15, 0.2) is 39.1 Å². The molecule has 0 fully saturated rings. The molecule has 2 rings (SSSR count). The number of amides is 2. The Labute approximate surface area is 159 Å². The standard InChI is InChI=1S/C16H21N5O3S2/c1-2-3-8-21-15(24)19-20-16(21)26-10-14(23)18-11-6-4-5-7-12(11)25-9-13(17)22/h4-7H,2-3,8-10H2,1H3,(H2,17,22)(H,18,23)(H,19,24). The lowest BCUT2D eigenvalue weighted by Gasteiger charge is -2.10. The van der Waals surface area contributed by atoms with Gasteiger partial charge in [-0.3, -0.25) is 14.2 Å². The third-order valence-corrected chi connectivity index (χ3v) is 5.39. The molecule has 140 valence electrons. The van der Waals surface area contributed by atoms with Gasteiger partial charge in [0.05, 0.1) is 17.2 Å². The second-order valence-electron chi connectivity index (χ2n) is 5.40. The number of hydrogen-bond acceptors (Lipinski definition) is 6. The molecule has 0 aliphatic heterocycles. The van der Waals surface area contributed by atoms with Crippen molar-refractivity contribution in [3.05, 3.63) is 34.7 Å². The Morgan fingerprint density at radius 1 is 1.27 bits per heavy atom. The van der Waals surface area contributed by atoms with Crippen LogP contribution in [0.4, 0.5) is 5.69 Å². The number of carbonyl (C=O) groups excluding carboxylic acids is 2. The molecule has 1 heterocycles. The molecule has 8 nitrogen and oxygen atoms in total. The number of H-pyrrole nitrogens is 1. The van der Waals surface area contributed by atoms with E-state index in [1.54, 1.807) is 12.1 Å². The van der Waals surface area contributed by atoms with E-state index in [1.165, 1.54) is 28.1 Å². The van der Waals surface area contributed by atoms with Gasteiger partial charge < -0.3 is 11.1 Å². The summed E-state index contributed by atoms with van der Waals surface area (Å²) < 4.78 is 1.54. The number of thioether (sulfide) groups is 2. The van der Waals surface area contributed by atoms with Crippen LogP contribution in [0.5, 0.6) is 0 Å². The molecule has 0 unspecified atom stereocenters. The zero-order chi connectivity index (χ0) is 18.9. The monoisotopic (exact) mass is 395 g/mol. The van der Waals surface area contributed by atoms with Crippen molar-refractivity contribution in [2.75, 3.05) is 16.8 Å². The third-order valence-electron chi connectivity index (χ3n) is 3.32. The summed E-state index contributed by atoms with van der Waals surface area (Å²) in [7, 11) is 0. The van der Waals surface area contributed by atoms with E-state index in [1.807, 2.05) is 19.1 Å². The van der Waals surface area contributed by atoms with Crippen molar-refractivity contribution in [3.63, 3.8) is 0 Å². The number of aromatic nitrogens is 3. The predicted octanol–water partition coefficient (Wildman–Crippen LogP) is 1.68. The number of anilines is 1. The van der Waals surface area contributed by atoms with Crippen LogP contribution >= 0.6 is 23.5 Å². The largest absolute Gasteiger partial charge is 0.369 e. The van der Waals surface area contributed by atoms with Gasteiger partial charge in [0.1, 0.15) is 0 Å². The van der Waals surface area contributed by atoms with Gasteiger partial charge >= 0.3 is 5.69 Å². The summed E-state index contributed by atoms with van der Waals surface area (Å²) in [6, 6.07) is 7.20. The number of unbranched alkanes of at least 4 members (excludes halogenated alkanes) is 1. The Morgan fingerprint density at radius 3 is 2.77 bits per heavy atom. The van der Waals surface area contributed by atoms with E-state index in [0.29, 0.717) is 17.4 Å². The van der Waals surface area contributed by atoms with Crippen LogP contribution in [0.2, 0.25) is 0 Å². The number of benzene rings is 1. The molecule has 0 spiro atoms. The lowest BCUT2D eigenvalue weighted by Crippen LogP contribution is -2.19. The van der Waals surface area contributed by atoms with E-state index in [4.69, 9.17) is 5.73 Å². The van der Waals surface area contributed by atoms with E-state index in [2.05, 4.69) is 15.5 Å². The highest BCUT2D eigenvalue weighted by molar-refractivity contribution is 8.00. The van der Waals surface area contributed by atoms with Crippen LogP contribution in [0, 0.1) is 0 Å². The summed E-state index contributed by atoms with van der Waals surface area (Å²) >= 11 is 2.47. The van der Waals surface area contributed by atoms with Crippen LogP contribution in [0.1, 0.15) is 19.8 Å². The molecule has 1 aromatic heterocycles. The molecule has 0 atom stereocenters. The Balaban J connectivity index is 1.96. The highest BCUT2D eigenvalue weighted by Gasteiger charge is 2.12. The van der Waals surface area contributed by atoms with E-state index < -0.39 is 5.91 Å². The van der Waals surface area contributed by atoms with E-state index in [-0.39, 0.29) is 23.1 Å². The number of carbonyl (C=O) groups is 2. The van der Waals surface area contributed by atoms with Crippen molar-refractivity contribution in [1.29, 1.82) is 0 Å². The van der Waals surface area contributed by atoms with Gasteiger partial charge in [-0.15, -0.1) is 16.9 Å². The summed E-state index contributed by atoms with van der Waals surface area (Å²) in [4.78, 5) is 35.7. The zero-order valence-electron chi connectivity index (χ0n) is 14.4. The fourth-order valence-corrected chi connectivity index (χ4v) is 3.61. The quantitative estimate of drug-likeness (QED) is 0.526. The SMILES string of the molecule is CCCCn1c(SCC(=O)Nc2ccccc2SCC(N)=O)n[nH]c1=O. The number of nitrogens with one attached hydrogen (secondary N) is 2. The lowest BCUT2D eigenvalue weighted by molar-refractivity contribution is -0.115. The summed E-state index contributed by atoms with van der Waals surface area (Å²) in [5.74, 6) is -0.390. The number of rotatable bonds is 10. The smallest absolute Gasteiger partial charge is 0.343 e. The molecular weight excluding hydrogens is 374 g/mol. The predicted molar refractivity (Wildman–Crippen MR) is 103 cm³/mol. The number of aromatic amines is 1. The minimum absolute atomic E-state index is 0.116. The van der Waals surface area contributed by atoms with Crippen LogP contribution in [-0.2, 0) is 16.1 Å². The van der Waals surface area contributed by atoms with Crippen molar-refractivity contribution in [2.24, 2.45) is 5.73 Å². The lowest BCUT2D eigenvalue weighted by atomic mass is 10.3. The topological polar surface area (TPSA) is 123 Å². The second-order valence-corrected chi connectivity index (χ2v) is 7.36. The van der Waals surface area contributed by atoms with Gasteiger partial charge in [-0.2, -0.15) is 0 Å². The molecule has 2 amide bonds. The average molecular weight is 396 g/mol. The van der Waals surface area contributed by atoms with Crippen LogP contribution in [-0.4, -0.2) is 38.1 Å². The normalized spacial score (nSPS) is 10.7. The number of primary amides is 1. The van der Waals surface area contributed by atoms with Gasteiger partial charge in [-0.25, -0.2) is 9.89 Å². The van der Waals surface area contributed by atoms with Gasteiger partial charge in [0.15, 0.2) is 5.16 Å². The van der Waals surface area contributed by atoms with Crippen LogP contribution < -0.4 is 16.7 Å². The highest BCUT2D eigenvalue weighted by Crippen LogP contribution is 2.27. The number of nitrogens with two attached hydrogens (primary N) is 1. The molecule has 0 radical (unpaired) electrons. The van der Waals surface area contributed by atoms with Gasteiger partial charge in [0.25, 0.3) is 0 Å². The summed E-state index contributed by atoms with van der Waals surface area (Å²) in [6.45, 7) is 2.61. The van der Waals surface area contributed by atoms with Gasteiger partial charge in [-0.05, 0) is 18.6 Å². The fourth-order valence-electron chi connectivity index (χ4n) is 2.09. The van der Waals surface area contributed by atoms with Crippen molar-refractivity contribution in [1.82, 2.24) is 14.8 Å². The highest BCUT2D eigenvalue weighted by atomic mass is 32.2. The van der Waals surface area contributed by atoms with Crippen molar-refractivity contribution >= 4 is 41.0 Å². The molecule has 0 aliphatic carbocycles. The molecular formula is C16H21N5O3S2. The molecule has 0 aliphatic rings. The molecule has 10 heteroatoms. The summed E-state index contributed by atoms with van der Waals surface area (Å²) in [5, 5.41) is 9.69. The Morgan fingerprint density at radius 2 is 2.04 bits per heavy atom. The minimum atomic E-state index is -0.421. The second kappa shape index (κ2) is 10.1. The van der Waals surface area contributed by atoms with Crippen LogP contribution in [0.25, 0.3) is 0 Å². The number of para-hydroxylation sites is 1. The number of hydrogen-bond donors (Lipinski definition) is 3. The van der Waals surface area contributed by atoms with Crippen molar-refractivity contribution in [3.8, 4) is 0 Å². The van der Waals surface area contributed by atoms with Gasteiger partial charge in [0, 0.05) is 11.4 Å². The molecule has 0 bridgehead atoms. The Hall–Kier alpha value is -2.20.